The van der Waals surface area contributed by atoms with E-state index in [4.69, 9.17) is 5.11 Å². The summed E-state index contributed by atoms with van der Waals surface area (Å²) in [5.41, 5.74) is 2.14. The number of hydrogen-bond donors (Lipinski definition) is 2. The molecule has 0 amide bonds. The monoisotopic (exact) mass is 265 g/mol. The van der Waals surface area contributed by atoms with Crippen molar-refractivity contribution in [1.29, 1.82) is 0 Å². The lowest BCUT2D eigenvalue weighted by atomic mass is 10.2. The van der Waals surface area contributed by atoms with Crippen molar-refractivity contribution >= 4 is 17.3 Å². The van der Waals surface area contributed by atoms with Crippen molar-refractivity contribution in [2.45, 2.75) is 20.0 Å². The van der Waals surface area contributed by atoms with Crippen molar-refractivity contribution in [3.8, 4) is 0 Å². The van der Waals surface area contributed by atoms with E-state index in [-0.39, 0.29) is 0 Å². The maximum atomic E-state index is 10.9. The van der Waals surface area contributed by atoms with Crippen LogP contribution in [0.3, 0.4) is 0 Å². The Morgan fingerprint density at radius 1 is 1.56 bits per heavy atom. The zero-order valence-electron chi connectivity index (χ0n) is 10.3. The number of hydrogen-bond acceptors (Lipinski definition) is 4. The highest BCUT2D eigenvalue weighted by Crippen LogP contribution is 2.21. The Labute approximate surface area is 109 Å². The third kappa shape index (κ3) is 2.77. The van der Waals surface area contributed by atoms with Crippen LogP contribution in [0.2, 0.25) is 0 Å². The van der Waals surface area contributed by atoms with E-state index in [0.29, 0.717) is 18.0 Å². The van der Waals surface area contributed by atoms with Crippen LogP contribution in [0.4, 0.5) is 0 Å². The van der Waals surface area contributed by atoms with Crippen molar-refractivity contribution in [3.63, 3.8) is 0 Å². The number of carbonyl (C=O) groups is 1. The normalized spacial score (nSPS) is 10.8. The van der Waals surface area contributed by atoms with Gasteiger partial charge in [-0.05, 0) is 24.6 Å². The highest BCUT2D eigenvalue weighted by molar-refractivity contribution is 7.14. The number of carboxylic acids is 1. The van der Waals surface area contributed by atoms with E-state index in [1.54, 1.807) is 12.3 Å². The Balaban J connectivity index is 1.94. The zero-order chi connectivity index (χ0) is 13.1. The number of aromatic carboxylic acids is 1. The Hall–Kier alpha value is -1.66. The summed E-state index contributed by atoms with van der Waals surface area (Å²) in [5.74, 6) is -0.860. The van der Waals surface area contributed by atoms with Crippen LogP contribution in [-0.4, -0.2) is 20.9 Å². The molecule has 0 bridgehead atoms. The number of carboxylic acid groups (broad SMARTS) is 1. The van der Waals surface area contributed by atoms with Gasteiger partial charge in [-0.3, -0.25) is 4.68 Å². The van der Waals surface area contributed by atoms with E-state index in [1.165, 1.54) is 11.3 Å². The lowest BCUT2D eigenvalue weighted by Gasteiger charge is -2.04. The molecule has 2 rings (SSSR count). The average molecular weight is 265 g/mol. The molecule has 6 heteroatoms. The molecular formula is C12H15N3O2S. The summed E-state index contributed by atoms with van der Waals surface area (Å²) in [6.07, 6.45) is 1.76. The third-order valence-electron chi connectivity index (χ3n) is 2.78. The summed E-state index contributed by atoms with van der Waals surface area (Å²) in [7, 11) is 1.90. The minimum Gasteiger partial charge on any atom is -0.477 e. The number of rotatable bonds is 5. The third-order valence-corrected chi connectivity index (χ3v) is 3.86. The first-order chi connectivity index (χ1) is 8.58. The molecule has 2 aromatic heterocycles. The lowest BCUT2D eigenvalue weighted by Crippen LogP contribution is -2.15. The Morgan fingerprint density at radius 2 is 2.33 bits per heavy atom. The van der Waals surface area contributed by atoms with Crippen molar-refractivity contribution in [1.82, 2.24) is 15.1 Å². The number of aryl methyl sites for hydroxylation is 2. The molecule has 0 spiro atoms. The summed E-state index contributed by atoms with van der Waals surface area (Å²) >= 11 is 1.32. The fourth-order valence-corrected chi connectivity index (χ4v) is 2.58. The summed E-state index contributed by atoms with van der Waals surface area (Å²) < 4.78 is 1.82. The molecule has 2 heterocycles. The largest absolute Gasteiger partial charge is 0.477 e. The van der Waals surface area contributed by atoms with Gasteiger partial charge in [-0.15, -0.1) is 11.3 Å². The highest BCUT2D eigenvalue weighted by Gasteiger charge is 2.10. The summed E-state index contributed by atoms with van der Waals surface area (Å²) in [5, 5.41) is 16.3. The van der Waals surface area contributed by atoms with Gasteiger partial charge in [0.15, 0.2) is 0 Å². The molecule has 0 radical (unpaired) electrons. The molecular weight excluding hydrogens is 250 g/mol. The van der Waals surface area contributed by atoms with Crippen LogP contribution in [0.25, 0.3) is 0 Å². The topological polar surface area (TPSA) is 67.2 Å². The second-order valence-electron chi connectivity index (χ2n) is 4.05. The molecule has 18 heavy (non-hydrogen) atoms. The predicted octanol–water partition coefficient (Wildman–Crippen LogP) is 1.78. The predicted molar refractivity (Wildman–Crippen MR) is 69.8 cm³/mol. The first kappa shape index (κ1) is 12.8. The van der Waals surface area contributed by atoms with Gasteiger partial charge in [-0.2, -0.15) is 5.10 Å². The molecule has 2 aromatic rings. The number of nitrogens with zero attached hydrogens (tertiary/aromatic N) is 2. The van der Waals surface area contributed by atoms with Gasteiger partial charge in [-0.25, -0.2) is 4.79 Å². The van der Waals surface area contributed by atoms with Gasteiger partial charge in [0.25, 0.3) is 0 Å². The van der Waals surface area contributed by atoms with E-state index < -0.39 is 5.97 Å². The second kappa shape index (κ2) is 5.32. The molecule has 0 aliphatic carbocycles. The Morgan fingerprint density at radius 3 is 2.89 bits per heavy atom. The molecule has 5 nitrogen and oxygen atoms in total. The molecule has 0 saturated heterocycles. The summed E-state index contributed by atoms with van der Waals surface area (Å²) in [4.78, 5) is 12.3. The van der Waals surface area contributed by atoms with E-state index >= 15 is 0 Å². The summed E-state index contributed by atoms with van der Waals surface area (Å²) in [6, 6.07) is 3.69. The van der Waals surface area contributed by atoms with E-state index in [9.17, 15) is 4.79 Å². The van der Waals surface area contributed by atoms with Crippen molar-refractivity contribution in [2.24, 2.45) is 7.05 Å². The fraction of sp³-hybridized carbons (Fsp3) is 0.333. The molecule has 0 atom stereocenters. The van der Waals surface area contributed by atoms with Gasteiger partial charge < -0.3 is 10.4 Å². The van der Waals surface area contributed by atoms with Crippen LogP contribution in [0.15, 0.2) is 18.3 Å². The average Bonchev–Trinajstić information content (AvgIpc) is 2.87. The van der Waals surface area contributed by atoms with E-state index in [1.807, 2.05) is 24.7 Å². The molecule has 0 saturated carbocycles. The molecule has 96 valence electrons. The highest BCUT2D eigenvalue weighted by atomic mass is 32.1. The van der Waals surface area contributed by atoms with Crippen molar-refractivity contribution < 1.29 is 9.90 Å². The lowest BCUT2D eigenvalue weighted by molar-refractivity contribution is 0.0702. The Bertz CT molecular complexity index is 559. The van der Waals surface area contributed by atoms with Crippen LogP contribution >= 0.6 is 11.3 Å². The van der Waals surface area contributed by atoms with Crippen LogP contribution in [0.1, 0.15) is 25.8 Å². The molecule has 0 aliphatic heterocycles. The second-order valence-corrected chi connectivity index (χ2v) is 5.30. The molecule has 0 aliphatic rings. The maximum Gasteiger partial charge on any atom is 0.345 e. The molecule has 0 aromatic carbocycles. The van der Waals surface area contributed by atoms with Crippen molar-refractivity contribution in [2.75, 3.05) is 0 Å². The minimum atomic E-state index is -0.860. The molecule has 2 N–H and O–H groups in total. The van der Waals surface area contributed by atoms with E-state index in [0.717, 1.165) is 16.1 Å². The number of aromatic nitrogens is 2. The quantitative estimate of drug-likeness (QED) is 0.864. The number of thiophene rings is 1. The van der Waals surface area contributed by atoms with Crippen LogP contribution in [0.5, 0.6) is 0 Å². The van der Waals surface area contributed by atoms with Gasteiger partial charge in [0.2, 0.25) is 0 Å². The Kier molecular flexibility index (Phi) is 3.78. The smallest absolute Gasteiger partial charge is 0.345 e. The summed E-state index contributed by atoms with van der Waals surface area (Å²) in [6.45, 7) is 3.33. The molecule has 0 unspecified atom stereocenters. The first-order valence-electron chi connectivity index (χ1n) is 5.58. The van der Waals surface area contributed by atoms with Crippen LogP contribution in [0, 0.1) is 6.92 Å². The minimum absolute atomic E-state index is 0.393. The zero-order valence-corrected chi connectivity index (χ0v) is 11.1. The van der Waals surface area contributed by atoms with Gasteiger partial charge >= 0.3 is 5.97 Å². The standard InChI is InChI=1S/C12H15N3O2S/c1-8-9(5-11(18-8)12(16)17)6-13-7-10-3-4-14-15(10)2/h3-5,13H,6-7H2,1-2H3,(H,16,17). The maximum absolute atomic E-state index is 10.9. The van der Waals surface area contributed by atoms with Crippen LogP contribution in [-0.2, 0) is 20.1 Å². The fourth-order valence-electron chi connectivity index (χ4n) is 1.70. The van der Waals surface area contributed by atoms with Crippen LogP contribution < -0.4 is 5.32 Å². The number of nitrogens with one attached hydrogen (secondary N) is 1. The van der Waals surface area contributed by atoms with Gasteiger partial charge in [0.05, 0.1) is 5.69 Å². The van der Waals surface area contributed by atoms with Gasteiger partial charge in [0, 0.05) is 31.2 Å². The van der Waals surface area contributed by atoms with E-state index in [2.05, 4.69) is 10.4 Å². The van der Waals surface area contributed by atoms with Gasteiger partial charge in [0.1, 0.15) is 4.88 Å². The van der Waals surface area contributed by atoms with Crippen molar-refractivity contribution in [3.05, 3.63) is 39.3 Å². The molecule has 0 fully saturated rings. The SMILES string of the molecule is Cc1sc(C(=O)O)cc1CNCc1ccnn1C. The van der Waals surface area contributed by atoms with Gasteiger partial charge in [-0.1, -0.05) is 0 Å². The first-order valence-corrected chi connectivity index (χ1v) is 6.40.